The van der Waals surface area contributed by atoms with Gasteiger partial charge >= 0.3 is 10.4 Å². The molecular formula is C8H21NO4S. The van der Waals surface area contributed by atoms with Crippen LogP contribution in [0.25, 0.3) is 0 Å². The van der Waals surface area contributed by atoms with Crippen LogP contribution in [-0.4, -0.2) is 23.1 Å². The maximum atomic E-state index is 8.74. The van der Waals surface area contributed by atoms with Gasteiger partial charge in [-0.3, -0.25) is 9.11 Å². The lowest BCUT2D eigenvalue weighted by Gasteiger charge is -2.33. The standard InChI is InChI=1S/C8H19N.H2O4S/c1-6(2)8(5,9)7(3)4;1-5(2,3)4/h6-7H,9H2,1-5H3;(H2,1,2,3,4). The van der Waals surface area contributed by atoms with Gasteiger partial charge in [-0.05, 0) is 18.8 Å². The largest absolute Gasteiger partial charge is 0.394 e. The molecule has 0 aliphatic carbocycles. The minimum atomic E-state index is -4.67. The summed E-state index contributed by atoms with van der Waals surface area (Å²) in [6.07, 6.45) is 0. The van der Waals surface area contributed by atoms with Gasteiger partial charge in [-0.2, -0.15) is 8.42 Å². The lowest BCUT2D eigenvalue weighted by atomic mass is 9.80. The highest BCUT2D eigenvalue weighted by molar-refractivity contribution is 7.79. The summed E-state index contributed by atoms with van der Waals surface area (Å²) in [6, 6.07) is 0. The van der Waals surface area contributed by atoms with E-state index in [9.17, 15) is 0 Å². The molecule has 0 aromatic carbocycles. The molecule has 0 unspecified atom stereocenters. The number of nitrogens with two attached hydrogens (primary N) is 1. The number of hydrogen-bond acceptors (Lipinski definition) is 3. The van der Waals surface area contributed by atoms with E-state index in [-0.39, 0.29) is 5.54 Å². The van der Waals surface area contributed by atoms with Gasteiger partial charge in [0.25, 0.3) is 0 Å². The van der Waals surface area contributed by atoms with Crippen LogP contribution in [0.15, 0.2) is 0 Å². The summed E-state index contributed by atoms with van der Waals surface area (Å²) >= 11 is 0. The van der Waals surface area contributed by atoms with Crippen LogP contribution in [0.1, 0.15) is 34.6 Å². The Balaban J connectivity index is 0. The molecule has 0 radical (unpaired) electrons. The molecule has 14 heavy (non-hydrogen) atoms. The summed E-state index contributed by atoms with van der Waals surface area (Å²) in [5.41, 5.74) is 6.00. The molecule has 0 rings (SSSR count). The Labute approximate surface area is 86.3 Å². The van der Waals surface area contributed by atoms with E-state index in [0.717, 1.165) is 0 Å². The van der Waals surface area contributed by atoms with E-state index < -0.39 is 10.4 Å². The minimum Gasteiger partial charge on any atom is -0.325 e. The lowest BCUT2D eigenvalue weighted by Crippen LogP contribution is -2.46. The highest BCUT2D eigenvalue weighted by atomic mass is 32.3. The van der Waals surface area contributed by atoms with Gasteiger partial charge in [0.15, 0.2) is 0 Å². The van der Waals surface area contributed by atoms with E-state index in [1.807, 2.05) is 0 Å². The first-order chi connectivity index (χ1) is 5.89. The molecule has 0 bridgehead atoms. The van der Waals surface area contributed by atoms with Crippen LogP contribution in [0.3, 0.4) is 0 Å². The number of rotatable bonds is 2. The van der Waals surface area contributed by atoms with Gasteiger partial charge in [0.2, 0.25) is 0 Å². The van der Waals surface area contributed by atoms with Crippen LogP contribution < -0.4 is 5.73 Å². The van der Waals surface area contributed by atoms with Crippen molar-refractivity contribution < 1.29 is 17.5 Å². The van der Waals surface area contributed by atoms with Gasteiger partial charge in [-0.1, -0.05) is 27.7 Å². The van der Waals surface area contributed by atoms with Crippen molar-refractivity contribution in [1.29, 1.82) is 0 Å². The van der Waals surface area contributed by atoms with Gasteiger partial charge < -0.3 is 5.73 Å². The molecule has 6 heteroatoms. The first-order valence-electron chi connectivity index (χ1n) is 4.37. The summed E-state index contributed by atoms with van der Waals surface area (Å²) in [6.45, 7) is 10.8. The average molecular weight is 227 g/mol. The molecule has 0 aromatic heterocycles. The fraction of sp³-hybridized carbons (Fsp3) is 1.00. The Kier molecular flexibility index (Phi) is 6.56. The molecule has 0 amide bonds. The maximum Gasteiger partial charge on any atom is 0.394 e. The molecule has 4 N–H and O–H groups in total. The summed E-state index contributed by atoms with van der Waals surface area (Å²) in [5.74, 6) is 1.13. The second-order valence-corrected chi connectivity index (χ2v) is 5.02. The summed E-state index contributed by atoms with van der Waals surface area (Å²) in [7, 11) is -4.67. The predicted molar refractivity (Wildman–Crippen MR) is 56.4 cm³/mol. The van der Waals surface area contributed by atoms with E-state index in [1.54, 1.807) is 0 Å². The van der Waals surface area contributed by atoms with Crippen molar-refractivity contribution in [3.05, 3.63) is 0 Å². The van der Waals surface area contributed by atoms with Crippen LogP contribution in [0, 0.1) is 11.8 Å². The first kappa shape index (κ1) is 16.3. The van der Waals surface area contributed by atoms with Crippen molar-refractivity contribution in [1.82, 2.24) is 0 Å². The zero-order valence-corrected chi connectivity index (χ0v) is 10.2. The third-order valence-electron chi connectivity index (χ3n) is 2.49. The van der Waals surface area contributed by atoms with Gasteiger partial charge in [0, 0.05) is 5.54 Å². The van der Waals surface area contributed by atoms with E-state index in [2.05, 4.69) is 34.6 Å². The van der Waals surface area contributed by atoms with E-state index >= 15 is 0 Å². The first-order valence-corrected chi connectivity index (χ1v) is 5.77. The van der Waals surface area contributed by atoms with Crippen molar-refractivity contribution in [2.75, 3.05) is 0 Å². The predicted octanol–water partition coefficient (Wildman–Crippen LogP) is 1.36. The average Bonchev–Trinajstić information content (AvgIpc) is 1.82. The van der Waals surface area contributed by atoms with Crippen LogP contribution in [-0.2, 0) is 10.4 Å². The van der Waals surface area contributed by atoms with Crippen LogP contribution in [0.5, 0.6) is 0 Å². The molecule has 0 fully saturated rings. The lowest BCUT2D eigenvalue weighted by molar-refractivity contribution is 0.250. The van der Waals surface area contributed by atoms with Crippen molar-refractivity contribution >= 4 is 10.4 Å². The van der Waals surface area contributed by atoms with E-state index in [1.165, 1.54) is 0 Å². The monoisotopic (exact) mass is 227 g/mol. The van der Waals surface area contributed by atoms with Crippen LogP contribution in [0.4, 0.5) is 0 Å². The fourth-order valence-electron chi connectivity index (χ4n) is 0.667. The Hall–Kier alpha value is -0.170. The zero-order chi connectivity index (χ0) is 12.2. The molecule has 0 atom stereocenters. The molecule has 0 aromatic rings. The summed E-state index contributed by atoms with van der Waals surface area (Å²) < 4.78 is 31.6. The smallest absolute Gasteiger partial charge is 0.325 e. The molecular weight excluding hydrogens is 206 g/mol. The second-order valence-electron chi connectivity index (χ2n) is 4.12. The van der Waals surface area contributed by atoms with Gasteiger partial charge in [0.1, 0.15) is 0 Å². The van der Waals surface area contributed by atoms with Crippen LogP contribution in [0.2, 0.25) is 0 Å². The molecule has 0 aliphatic heterocycles. The zero-order valence-electron chi connectivity index (χ0n) is 9.35. The van der Waals surface area contributed by atoms with Gasteiger partial charge in [-0.25, -0.2) is 0 Å². The third kappa shape index (κ3) is 9.91. The van der Waals surface area contributed by atoms with Gasteiger partial charge in [0.05, 0.1) is 0 Å². The molecule has 0 saturated heterocycles. The Bertz CT molecular complexity index is 226. The topological polar surface area (TPSA) is 101 Å². The highest BCUT2D eigenvalue weighted by Gasteiger charge is 2.26. The summed E-state index contributed by atoms with van der Waals surface area (Å²) in [5, 5.41) is 0. The minimum absolute atomic E-state index is 0.000000000000000222. The van der Waals surface area contributed by atoms with Crippen molar-refractivity contribution in [2.24, 2.45) is 17.6 Å². The van der Waals surface area contributed by atoms with Crippen molar-refractivity contribution in [3.8, 4) is 0 Å². The third-order valence-corrected chi connectivity index (χ3v) is 2.49. The normalized spacial score (nSPS) is 12.7. The molecule has 0 spiro atoms. The van der Waals surface area contributed by atoms with Crippen molar-refractivity contribution in [3.63, 3.8) is 0 Å². The molecule has 5 nitrogen and oxygen atoms in total. The second kappa shape index (κ2) is 5.65. The Morgan fingerprint density at radius 2 is 1.21 bits per heavy atom. The Morgan fingerprint density at radius 3 is 1.21 bits per heavy atom. The molecule has 0 saturated carbocycles. The Morgan fingerprint density at radius 1 is 1.07 bits per heavy atom. The number of hydrogen-bond donors (Lipinski definition) is 3. The molecule has 0 heterocycles. The fourth-order valence-corrected chi connectivity index (χ4v) is 0.667. The van der Waals surface area contributed by atoms with E-state index in [4.69, 9.17) is 23.3 Å². The van der Waals surface area contributed by atoms with E-state index in [0.29, 0.717) is 11.8 Å². The van der Waals surface area contributed by atoms with Crippen molar-refractivity contribution in [2.45, 2.75) is 40.2 Å². The molecule has 88 valence electrons. The van der Waals surface area contributed by atoms with Gasteiger partial charge in [-0.15, -0.1) is 0 Å². The summed E-state index contributed by atoms with van der Waals surface area (Å²) in [4.78, 5) is 0. The molecule has 0 aliphatic rings. The quantitative estimate of drug-likeness (QED) is 0.618. The maximum absolute atomic E-state index is 8.74. The van der Waals surface area contributed by atoms with Crippen LogP contribution >= 0.6 is 0 Å². The SMILES string of the molecule is CC(C)C(C)(N)C(C)C.O=S(=O)(O)O. The highest BCUT2D eigenvalue weighted by Crippen LogP contribution is 2.21.